The molecule has 0 aromatic heterocycles. The van der Waals surface area contributed by atoms with E-state index < -0.39 is 0 Å². The molecular formula is C21H22N2O4. The van der Waals surface area contributed by atoms with E-state index in [0.717, 1.165) is 12.8 Å². The van der Waals surface area contributed by atoms with Crippen molar-refractivity contribution in [2.24, 2.45) is 23.7 Å². The standard InChI is InChI=1S/C21H22N2O4/c24-19(22-9-11-27-12-10-22)15-5-7-16(8-6-15)23-20(25)17-13-1-2-14(4-3-13)18(17)21(23)26/h1-2,5-8,13-14,17-18H,3-4,9-12H2. The second kappa shape index (κ2) is 6.30. The predicted molar refractivity (Wildman–Crippen MR) is 98.0 cm³/mol. The van der Waals surface area contributed by atoms with Crippen LogP contribution < -0.4 is 4.90 Å². The molecule has 6 rings (SSSR count). The summed E-state index contributed by atoms with van der Waals surface area (Å²) in [6, 6.07) is 6.86. The summed E-state index contributed by atoms with van der Waals surface area (Å²) in [5, 5.41) is 0. The Bertz CT molecular complexity index is 793. The quantitative estimate of drug-likeness (QED) is 0.592. The summed E-state index contributed by atoms with van der Waals surface area (Å²) in [5.41, 5.74) is 1.14. The zero-order chi connectivity index (χ0) is 18.5. The largest absolute Gasteiger partial charge is 0.378 e. The van der Waals surface area contributed by atoms with Crippen LogP contribution in [0.15, 0.2) is 36.4 Å². The van der Waals surface area contributed by atoms with Crippen LogP contribution in [0.3, 0.4) is 0 Å². The number of ether oxygens (including phenoxy) is 1. The normalized spacial score (nSPS) is 32.1. The number of carbonyl (C=O) groups excluding carboxylic acids is 3. The highest BCUT2D eigenvalue weighted by Gasteiger charge is 2.56. The molecule has 6 nitrogen and oxygen atoms in total. The maximum atomic E-state index is 13.0. The van der Waals surface area contributed by atoms with E-state index in [1.165, 1.54) is 4.90 Å². The Hall–Kier alpha value is -2.47. The third-order valence-corrected chi connectivity index (χ3v) is 6.43. The van der Waals surface area contributed by atoms with Gasteiger partial charge in [-0.25, -0.2) is 0 Å². The number of imide groups is 1. The van der Waals surface area contributed by atoms with Gasteiger partial charge in [-0.05, 0) is 48.9 Å². The lowest BCUT2D eigenvalue weighted by atomic mass is 9.63. The van der Waals surface area contributed by atoms with E-state index in [-0.39, 0.29) is 41.4 Å². The second-order valence-corrected chi connectivity index (χ2v) is 7.80. The summed E-state index contributed by atoms with van der Waals surface area (Å²) in [4.78, 5) is 41.7. The van der Waals surface area contributed by atoms with Crippen molar-refractivity contribution >= 4 is 23.4 Å². The van der Waals surface area contributed by atoms with Crippen molar-refractivity contribution in [3.63, 3.8) is 0 Å². The molecular weight excluding hydrogens is 344 g/mol. The molecule has 0 N–H and O–H groups in total. The molecule has 2 saturated heterocycles. The van der Waals surface area contributed by atoms with E-state index in [0.29, 0.717) is 37.6 Å². The minimum absolute atomic E-state index is 0.0418. The van der Waals surface area contributed by atoms with E-state index >= 15 is 0 Å². The first-order chi connectivity index (χ1) is 13.1. The van der Waals surface area contributed by atoms with E-state index in [1.807, 2.05) is 0 Å². The lowest BCUT2D eigenvalue weighted by molar-refractivity contribution is -0.124. The first kappa shape index (κ1) is 16.7. The predicted octanol–water partition coefficient (Wildman–Crippen LogP) is 1.86. The monoisotopic (exact) mass is 366 g/mol. The number of fused-ring (bicyclic) bond motifs is 1. The molecule has 3 amide bonds. The maximum Gasteiger partial charge on any atom is 0.254 e. The van der Waals surface area contributed by atoms with Crippen molar-refractivity contribution in [2.75, 3.05) is 31.2 Å². The van der Waals surface area contributed by atoms with E-state index in [4.69, 9.17) is 4.74 Å². The molecule has 5 aliphatic rings. The van der Waals surface area contributed by atoms with Crippen molar-refractivity contribution in [3.8, 4) is 0 Å². The number of anilines is 1. The Labute approximate surface area is 157 Å². The molecule has 0 spiro atoms. The van der Waals surface area contributed by atoms with Gasteiger partial charge in [-0.15, -0.1) is 0 Å². The number of nitrogens with zero attached hydrogens (tertiary/aromatic N) is 2. The van der Waals surface area contributed by atoms with Crippen LogP contribution in [0.5, 0.6) is 0 Å². The van der Waals surface area contributed by atoms with E-state index in [2.05, 4.69) is 12.2 Å². The second-order valence-electron chi connectivity index (χ2n) is 7.80. The Kier molecular flexibility index (Phi) is 3.90. The maximum absolute atomic E-state index is 13.0. The fourth-order valence-electron chi connectivity index (χ4n) is 5.03. The Morgan fingerprint density at radius 2 is 1.44 bits per heavy atom. The van der Waals surface area contributed by atoms with Crippen LogP contribution >= 0.6 is 0 Å². The summed E-state index contributed by atoms with van der Waals surface area (Å²) in [7, 11) is 0. The zero-order valence-corrected chi connectivity index (χ0v) is 15.0. The van der Waals surface area contributed by atoms with Gasteiger partial charge in [-0.3, -0.25) is 19.3 Å². The topological polar surface area (TPSA) is 66.9 Å². The number of carbonyl (C=O) groups is 3. The van der Waals surface area contributed by atoms with Crippen LogP contribution in [-0.2, 0) is 14.3 Å². The van der Waals surface area contributed by atoms with Crippen LogP contribution in [0, 0.1) is 23.7 Å². The third-order valence-electron chi connectivity index (χ3n) is 6.43. The molecule has 0 radical (unpaired) electrons. The summed E-state index contributed by atoms with van der Waals surface area (Å²) < 4.78 is 5.28. The summed E-state index contributed by atoms with van der Waals surface area (Å²) in [6.45, 7) is 2.28. The molecule has 4 unspecified atom stereocenters. The van der Waals surface area contributed by atoms with Gasteiger partial charge in [0.05, 0.1) is 30.7 Å². The molecule has 2 aliphatic heterocycles. The minimum Gasteiger partial charge on any atom is -0.378 e. The van der Waals surface area contributed by atoms with Gasteiger partial charge in [0.25, 0.3) is 5.91 Å². The Morgan fingerprint density at radius 3 is 1.96 bits per heavy atom. The zero-order valence-electron chi connectivity index (χ0n) is 15.0. The number of hydrogen-bond acceptors (Lipinski definition) is 4. The molecule has 3 fully saturated rings. The highest BCUT2D eigenvalue weighted by molar-refractivity contribution is 6.22. The summed E-state index contributed by atoms with van der Waals surface area (Å²) in [5.74, 6) is -0.272. The number of benzene rings is 1. The van der Waals surface area contributed by atoms with E-state index in [1.54, 1.807) is 29.2 Å². The molecule has 6 heteroatoms. The molecule has 4 atom stereocenters. The van der Waals surface area contributed by atoms with Crippen molar-refractivity contribution in [1.82, 2.24) is 4.90 Å². The van der Waals surface area contributed by atoms with Gasteiger partial charge in [0.15, 0.2) is 0 Å². The average molecular weight is 366 g/mol. The molecule has 1 aromatic carbocycles. The number of rotatable bonds is 2. The molecule has 27 heavy (non-hydrogen) atoms. The van der Waals surface area contributed by atoms with Gasteiger partial charge in [0.1, 0.15) is 0 Å². The fourth-order valence-corrected chi connectivity index (χ4v) is 5.03. The minimum atomic E-state index is -0.212. The van der Waals surface area contributed by atoms with Crippen LogP contribution in [0.4, 0.5) is 5.69 Å². The van der Waals surface area contributed by atoms with Crippen LogP contribution in [0.2, 0.25) is 0 Å². The van der Waals surface area contributed by atoms with Crippen molar-refractivity contribution < 1.29 is 19.1 Å². The molecule has 2 bridgehead atoms. The van der Waals surface area contributed by atoms with E-state index in [9.17, 15) is 14.4 Å². The van der Waals surface area contributed by atoms with Gasteiger partial charge < -0.3 is 9.64 Å². The number of amides is 3. The highest BCUT2D eigenvalue weighted by atomic mass is 16.5. The van der Waals surface area contributed by atoms with Gasteiger partial charge >= 0.3 is 0 Å². The Balaban J connectivity index is 1.38. The smallest absolute Gasteiger partial charge is 0.254 e. The molecule has 140 valence electrons. The summed E-state index contributed by atoms with van der Waals surface area (Å²) in [6.07, 6.45) is 6.21. The molecule has 1 saturated carbocycles. The van der Waals surface area contributed by atoms with Gasteiger partial charge in [0.2, 0.25) is 11.8 Å². The SMILES string of the molecule is O=C(c1ccc(N2C(=O)C3C4C=CC(CC4)C3C2=O)cc1)N1CCOCC1. The Morgan fingerprint density at radius 1 is 0.889 bits per heavy atom. The van der Waals surface area contributed by atoms with Gasteiger partial charge in [-0.2, -0.15) is 0 Å². The molecule has 2 heterocycles. The first-order valence-corrected chi connectivity index (χ1v) is 9.68. The van der Waals surface area contributed by atoms with Crippen LogP contribution in [0.25, 0.3) is 0 Å². The first-order valence-electron chi connectivity index (χ1n) is 9.68. The number of allylic oxidation sites excluding steroid dienone is 2. The fraction of sp³-hybridized carbons (Fsp3) is 0.476. The number of hydrogen-bond donors (Lipinski definition) is 0. The third kappa shape index (κ3) is 2.54. The van der Waals surface area contributed by atoms with Gasteiger partial charge in [-0.1, -0.05) is 12.2 Å². The van der Waals surface area contributed by atoms with Crippen LogP contribution in [0.1, 0.15) is 23.2 Å². The number of morpholine rings is 1. The van der Waals surface area contributed by atoms with Crippen molar-refractivity contribution in [3.05, 3.63) is 42.0 Å². The van der Waals surface area contributed by atoms with Crippen LogP contribution in [-0.4, -0.2) is 48.9 Å². The lowest BCUT2D eigenvalue weighted by Crippen LogP contribution is -2.40. The summed E-state index contributed by atoms with van der Waals surface area (Å²) >= 11 is 0. The molecule has 1 aromatic rings. The lowest BCUT2D eigenvalue weighted by Gasteiger charge is -2.38. The van der Waals surface area contributed by atoms with Gasteiger partial charge in [0, 0.05) is 18.7 Å². The van der Waals surface area contributed by atoms with Crippen molar-refractivity contribution in [2.45, 2.75) is 12.8 Å². The van der Waals surface area contributed by atoms with Crippen molar-refractivity contribution in [1.29, 1.82) is 0 Å². The molecule has 3 aliphatic carbocycles. The highest BCUT2D eigenvalue weighted by Crippen LogP contribution is 2.50. The average Bonchev–Trinajstić information content (AvgIpc) is 3.02.